The van der Waals surface area contributed by atoms with Gasteiger partial charge in [-0.2, -0.15) is 0 Å². The highest BCUT2D eigenvalue weighted by molar-refractivity contribution is 6.37. The number of likely N-dealkylation sites (N-methyl/N-ethyl adjacent to an activating group) is 1. The van der Waals surface area contributed by atoms with Crippen molar-refractivity contribution in [2.75, 3.05) is 18.9 Å². The maximum Gasteiger partial charge on any atom is 0.281 e. The molecule has 0 saturated heterocycles. The van der Waals surface area contributed by atoms with Crippen LogP contribution in [-0.4, -0.2) is 42.6 Å². The van der Waals surface area contributed by atoms with Crippen LogP contribution in [-0.2, 0) is 13.0 Å². The molecule has 0 amide bonds. The van der Waals surface area contributed by atoms with Crippen LogP contribution in [0.15, 0.2) is 53.7 Å². The van der Waals surface area contributed by atoms with Gasteiger partial charge in [0.1, 0.15) is 11.2 Å². The average molecular weight is 506 g/mol. The van der Waals surface area contributed by atoms with Crippen molar-refractivity contribution in [3.8, 4) is 5.69 Å². The standard InChI is InChI=1S/C25H21Cl2N7O/c1-14-10-16(11-15-13-32(2)8-6-17(14)15)30-25-29-12-18-21(31-25)23-28-7-9-33(23)34(24(18)35)22-19(26)4-3-5-20(22)27/h3-5,7,9-12H,6,8,13H2,1-2H3,(H,29,30,31). The first-order chi connectivity index (χ1) is 16.9. The predicted octanol–water partition coefficient (Wildman–Crippen LogP) is 4.78. The second-order valence-electron chi connectivity index (χ2n) is 8.78. The number of imidazole rings is 1. The number of hydrogen-bond donors (Lipinski definition) is 1. The van der Waals surface area contributed by atoms with Gasteiger partial charge < -0.3 is 10.2 Å². The highest BCUT2D eigenvalue weighted by Crippen LogP contribution is 2.30. The topological polar surface area (TPSA) is 80.3 Å². The monoisotopic (exact) mass is 505 g/mol. The normalized spacial score (nSPS) is 13.9. The Balaban J connectivity index is 1.48. The second kappa shape index (κ2) is 8.34. The lowest BCUT2D eigenvalue weighted by atomic mass is 9.94. The Hall–Kier alpha value is -3.46. The quantitative estimate of drug-likeness (QED) is 0.380. The third kappa shape index (κ3) is 3.65. The summed E-state index contributed by atoms with van der Waals surface area (Å²) in [6.45, 7) is 4.10. The third-order valence-electron chi connectivity index (χ3n) is 6.42. The number of aromatic nitrogens is 5. The van der Waals surface area contributed by atoms with Crippen LogP contribution < -0.4 is 10.9 Å². The molecule has 4 heterocycles. The number of nitrogens with one attached hydrogen (secondary N) is 1. The molecule has 0 unspecified atom stereocenters. The number of fused-ring (bicyclic) bond motifs is 4. The van der Waals surface area contributed by atoms with Gasteiger partial charge in [0, 0.05) is 37.4 Å². The Morgan fingerprint density at radius 2 is 1.91 bits per heavy atom. The molecule has 0 radical (unpaired) electrons. The van der Waals surface area contributed by atoms with Crippen LogP contribution in [0, 0.1) is 6.92 Å². The second-order valence-corrected chi connectivity index (χ2v) is 9.60. The predicted molar refractivity (Wildman–Crippen MR) is 138 cm³/mol. The van der Waals surface area contributed by atoms with E-state index in [2.05, 4.69) is 51.3 Å². The first kappa shape index (κ1) is 22.0. The third-order valence-corrected chi connectivity index (χ3v) is 7.03. The van der Waals surface area contributed by atoms with E-state index in [1.807, 2.05) is 0 Å². The fraction of sp³-hybridized carbons (Fsp3) is 0.200. The molecule has 3 aromatic heterocycles. The molecule has 176 valence electrons. The van der Waals surface area contributed by atoms with Crippen molar-refractivity contribution in [3.05, 3.63) is 86.0 Å². The van der Waals surface area contributed by atoms with Crippen LogP contribution in [0.4, 0.5) is 11.6 Å². The lowest BCUT2D eigenvalue weighted by Crippen LogP contribution is -2.27. The van der Waals surface area contributed by atoms with Crippen LogP contribution in [0.5, 0.6) is 0 Å². The van der Waals surface area contributed by atoms with Gasteiger partial charge in [-0.3, -0.25) is 4.79 Å². The fourth-order valence-electron chi connectivity index (χ4n) is 4.77. The average Bonchev–Trinajstić information content (AvgIpc) is 3.30. The molecule has 1 N–H and O–H groups in total. The number of halogens is 2. The molecule has 0 saturated carbocycles. The van der Waals surface area contributed by atoms with E-state index >= 15 is 0 Å². The number of para-hydroxylation sites is 1. The van der Waals surface area contributed by atoms with E-state index < -0.39 is 0 Å². The largest absolute Gasteiger partial charge is 0.324 e. The Bertz CT molecular complexity index is 1670. The van der Waals surface area contributed by atoms with Crippen LogP contribution in [0.1, 0.15) is 16.7 Å². The summed E-state index contributed by atoms with van der Waals surface area (Å²) in [5.41, 5.74) is 5.82. The summed E-state index contributed by atoms with van der Waals surface area (Å²) in [5, 5.41) is 4.32. The van der Waals surface area contributed by atoms with Crippen LogP contribution in [0.3, 0.4) is 0 Å². The molecule has 0 fully saturated rings. The zero-order valence-corrected chi connectivity index (χ0v) is 20.6. The van der Waals surface area contributed by atoms with Gasteiger partial charge in [-0.1, -0.05) is 29.3 Å². The summed E-state index contributed by atoms with van der Waals surface area (Å²) in [5.74, 6) is 0.388. The maximum atomic E-state index is 13.5. The van der Waals surface area contributed by atoms with E-state index in [1.54, 1.807) is 35.1 Å². The Kier molecular flexibility index (Phi) is 5.25. The smallest absolute Gasteiger partial charge is 0.281 e. The molecule has 0 spiro atoms. The highest BCUT2D eigenvalue weighted by atomic mass is 35.5. The molecule has 1 aliphatic heterocycles. The van der Waals surface area contributed by atoms with Crippen molar-refractivity contribution in [1.82, 2.24) is 29.0 Å². The van der Waals surface area contributed by atoms with Gasteiger partial charge in [0.05, 0.1) is 15.4 Å². The summed E-state index contributed by atoms with van der Waals surface area (Å²) >= 11 is 12.8. The molecule has 5 aromatic rings. The van der Waals surface area contributed by atoms with Crippen molar-refractivity contribution < 1.29 is 0 Å². The van der Waals surface area contributed by atoms with Crippen molar-refractivity contribution in [2.24, 2.45) is 0 Å². The summed E-state index contributed by atoms with van der Waals surface area (Å²) in [7, 11) is 2.13. The molecule has 2 aromatic carbocycles. The van der Waals surface area contributed by atoms with E-state index in [0.717, 1.165) is 25.2 Å². The molecular weight excluding hydrogens is 485 g/mol. The maximum absolute atomic E-state index is 13.5. The summed E-state index contributed by atoms with van der Waals surface area (Å²) in [6.07, 6.45) is 5.84. The van der Waals surface area contributed by atoms with Crippen LogP contribution in [0.2, 0.25) is 10.0 Å². The number of nitrogens with zero attached hydrogens (tertiary/aromatic N) is 6. The van der Waals surface area contributed by atoms with Gasteiger partial charge in [0.15, 0.2) is 5.65 Å². The molecule has 0 aliphatic carbocycles. The minimum atomic E-state index is -0.347. The summed E-state index contributed by atoms with van der Waals surface area (Å²) in [4.78, 5) is 29.4. The van der Waals surface area contributed by atoms with Gasteiger partial charge in [-0.05, 0) is 61.3 Å². The number of aryl methyl sites for hydroxylation is 1. The van der Waals surface area contributed by atoms with E-state index in [-0.39, 0.29) is 5.56 Å². The Morgan fingerprint density at radius 1 is 1.11 bits per heavy atom. The molecule has 0 bridgehead atoms. The van der Waals surface area contributed by atoms with E-state index in [0.29, 0.717) is 38.2 Å². The first-order valence-corrected chi connectivity index (χ1v) is 11.9. The molecular formula is C25H21Cl2N7O. The van der Waals surface area contributed by atoms with Gasteiger partial charge in [-0.15, -0.1) is 0 Å². The minimum Gasteiger partial charge on any atom is -0.324 e. The number of rotatable bonds is 3. The van der Waals surface area contributed by atoms with E-state index in [4.69, 9.17) is 23.2 Å². The van der Waals surface area contributed by atoms with Gasteiger partial charge >= 0.3 is 0 Å². The number of benzene rings is 2. The van der Waals surface area contributed by atoms with Crippen molar-refractivity contribution in [1.29, 1.82) is 0 Å². The van der Waals surface area contributed by atoms with Crippen LogP contribution >= 0.6 is 23.2 Å². The van der Waals surface area contributed by atoms with Gasteiger partial charge in [0.25, 0.3) is 5.56 Å². The summed E-state index contributed by atoms with van der Waals surface area (Å²) in [6, 6.07) is 9.36. The molecule has 0 atom stereocenters. The molecule has 10 heteroatoms. The molecule has 6 rings (SSSR count). The fourth-order valence-corrected chi connectivity index (χ4v) is 5.33. The van der Waals surface area contributed by atoms with E-state index in [9.17, 15) is 4.79 Å². The van der Waals surface area contributed by atoms with Crippen molar-refractivity contribution >= 4 is 51.4 Å². The summed E-state index contributed by atoms with van der Waals surface area (Å²) < 4.78 is 3.00. The van der Waals surface area contributed by atoms with Crippen molar-refractivity contribution in [2.45, 2.75) is 19.9 Å². The Labute approximate surface area is 210 Å². The zero-order chi connectivity index (χ0) is 24.3. The minimum absolute atomic E-state index is 0.313. The van der Waals surface area contributed by atoms with Crippen molar-refractivity contribution in [3.63, 3.8) is 0 Å². The molecule has 1 aliphatic rings. The lowest BCUT2D eigenvalue weighted by molar-refractivity contribution is 0.312. The van der Waals surface area contributed by atoms with Gasteiger partial charge in [-0.25, -0.2) is 24.1 Å². The van der Waals surface area contributed by atoms with Crippen LogP contribution in [0.25, 0.3) is 22.2 Å². The lowest BCUT2D eigenvalue weighted by Gasteiger charge is -2.27. The number of anilines is 2. The van der Waals surface area contributed by atoms with Gasteiger partial charge in [0.2, 0.25) is 5.95 Å². The number of hydrogen-bond acceptors (Lipinski definition) is 6. The highest BCUT2D eigenvalue weighted by Gasteiger charge is 2.20. The van der Waals surface area contributed by atoms with E-state index in [1.165, 1.54) is 27.6 Å². The zero-order valence-electron chi connectivity index (χ0n) is 19.1. The Morgan fingerprint density at radius 3 is 2.71 bits per heavy atom. The molecule has 35 heavy (non-hydrogen) atoms. The SMILES string of the molecule is Cc1cc(Nc2ncc3c(=O)n(-c4c(Cl)cccc4Cl)n4ccnc4c3n2)cc2c1CCN(C)C2. The first-order valence-electron chi connectivity index (χ1n) is 11.2. The molecule has 8 nitrogen and oxygen atoms in total.